The van der Waals surface area contributed by atoms with Crippen LogP contribution in [0.3, 0.4) is 0 Å². The summed E-state index contributed by atoms with van der Waals surface area (Å²) in [7, 11) is 0. The van der Waals surface area contributed by atoms with E-state index in [4.69, 9.17) is 11.6 Å². The molecule has 2 unspecified atom stereocenters. The highest BCUT2D eigenvalue weighted by Crippen LogP contribution is 2.47. The van der Waals surface area contributed by atoms with Gasteiger partial charge in [0.05, 0.1) is 0 Å². The summed E-state index contributed by atoms with van der Waals surface area (Å²) in [6.45, 7) is 6.58. The number of hydrogen-bond acceptors (Lipinski definition) is 0. The fourth-order valence-electron chi connectivity index (χ4n) is 2.16. The van der Waals surface area contributed by atoms with Crippen molar-refractivity contribution in [1.82, 2.24) is 0 Å². The molecule has 0 spiro atoms. The summed E-state index contributed by atoms with van der Waals surface area (Å²) in [5.41, 5.74) is 3.85. The van der Waals surface area contributed by atoms with Crippen LogP contribution in [0.4, 0.5) is 0 Å². The van der Waals surface area contributed by atoms with Gasteiger partial charge in [0.1, 0.15) is 0 Å². The van der Waals surface area contributed by atoms with Gasteiger partial charge in [-0.3, -0.25) is 0 Å². The highest BCUT2D eigenvalue weighted by atomic mass is 79.9. The van der Waals surface area contributed by atoms with Crippen molar-refractivity contribution >= 4 is 27.5 Å². The fraction of sp³-hybridized carbons (Fsp3) is 0.571. The van der Waals surface area contributed by atoms with Crippen molar-refractivity contribution in [2.75, 3.05) is 0 Å². The molecule has 88 valence electrons. The van der Waals surface area contributed by atoms with Crippen LogP contribution >= 0.6 is 27.5 Å². The molecule has 1 aliphatic carbocycles. The zero-order valence-electron chi connectivity index (χ0n) is 10.1. The molecule has 2 heteroatoms. The largest absolute Gasteiger partial charge is 0.0840 e. The van der Waals surface area contributed by atoms with Gasteiger partial charge < -0.3 is 0 Å². The number of rotatable bonds is 3. The molecule has 1 aromatic rings. The third-order valence-electron chi connectivity index (χ3n) is 3.74. The minimum Gasteiger partial charge on any atom is -0.0840 e. The Labute approximate surface area is 112 Å². The summed E-state index contributed by atoms with van der Waals surface area (Å²) in [6.07, 6.45) is 2.76. The first-order valence-electron chi connectivity index (χ1n) is 5.91. The summed E-state index contributed by atoms with van der Waals surface area (Å²) in [6, 6.07) is 4.32. The Hall–Kier alpha value is -0.0100. The van der Waals surface area contributed by atoms with Crippen molar-refractivity contribution in [3.63, 3.8) is 0 Å². The molecule has 0 aromatic heterocycles. The number of halogens is 2. The predicted octanol–water partition coefficient (Wildman–Crippen LogP) is 5.44. The summed E-state index contributed by atoms with van der Waals surface area (Å²) in [4.78, 5) is 0.395. The van der Waals surface area contributed by atoms with Gasteiger partial charge in [0, 0.05) is 9.85 Å². The SMILES string of the molecule is Cc1cc(Cl)c(C(Br)C(C)C2CC2)cc1C. The Kier molecular flexibility index (Phi) is 3.65. The molecular weight excluding hydrogens is 284 g/mol. The molecule has 0 heterocycles. The number of alkyl halides is 1. The summed E-state index contributed by atoms with van der Waals surface area (Å²) in [5, 5.41) is 0.900. The van der Waals surface area contributed by atoms with Crippen LogP contribution < -0.4 is 0 Å². The second kappa shape index (κ2) is 4.70. The smallest absolute Gasteiger partial charge is 0.0452 e. The Balaban J connectivity index is 2.28. The van der Waals surface area contributed by atoms with Crippen LogP contribution in [0.15, 0.2) is 12.1 Å². The molecule has 1 aromatic carbocycles. The lowest BCUT2D eigenvalue weighted by Gasteiger charge is -2.20. The van der Waals surface area contributed by atoms with Crippen LogP contribution in [0.5, 0.6) is 0 Å². The Morgan fingerprint density at radius 2 is 1.81 bits per heavy atom. The fourth-order valence-corrected chi connectivity index (χ4v) is 3.44. The molecule has 0 aliphatic heterocycles. The average molecular weight is 302 g/mol. The van der Waals surface area contributed by atoms with Crippen LogP contribution in [0.2, 0.25) is 5.02 Å². The molecular formula is C14H18BrCl. The molecule has 2 rings (SSSR count). The van der Waals surface area contributed by atoms with E-state index in [9.17, 15) is 0 Å². The predicted molar refractivity (Wildman–Crippen MR) is 74.5 cm³/mol. The first kappa shape index (κ1) is 12.4. The number of hydrogen-bond donors (Lipinski definition) is 0. The topological polar surface area (TPSA) is 0 Å². The van der Waals surface area contributed by atoms with Gasteiger partial charge >= 0.3 is 0 Å². The van der Waals surface area contributed by atoms with E-state index in [0.717, 1.165) is 10.9 Å². The normalized spacial score (nSPS) is 19.6. The van der Waals surface area contributed by atoms with Crippen LogP contribution in [-0.2, 0) is 0 Å². The second-order valence-electron chi connectivity index (χ2n) is 5.06. The first-order valence-corrected chi connectivity index (χ1v) is 7.20. The van der Waals surface area contributed by atoms with Crippen molar-refractivity contribution in [3.8, 4) is 0 Å². The van der Waals surface area contributed by atoms with E-state index in [2.05, 4.69) is 48.8 Å². The highest BCUT2D eigenvalue weighted by Gasteiger charge is 2.33. The van der Waals surface area contributed by atoms with Crippen LogP contribution in [0, 0.1) is 25.7 Å². The molecule has 1 aliphatic rings. The molecule has 1 fully saturated rings. The van der Waals surface area contributed by atoms with Gasteiger partial charge in [-0.25, -0.2) is 0 Å². The Morgan fingerprint density at radius 1 is 1.25 bits per heavy atom. The van der Waals surface area contributed by atoms with E-state index >= 15 is 0 Å². The van der Waals surface area contributed by atoms with Gasteiger partial charge in [-0.2, -0.15) is 0 Å². The van der Waals surface area contributed by atoms with Crippen LogP contribution in [0.1, 0.15) is 41.3 Å². The molecule has 1 saturated carbocycles. The third-order valence-corrected chi connectivity index (χ3v) is 5.39. The quantitative estimate of drug-likeness (QED) is 0.652. The van der Waals surface area contributed by atoms with Crippen LogP contribution in [0.25, 0.3) is 0 Å². The van der Waals surface area contributed by atoms with Gasteiger partial charge in [-0.1, -0.05) is 40.5 Å². The molecule has 0 N–H and O–H groups in total. The van der Waals surface area contributed by atoms with E-state index in [1.165, 1.54) is 29.5 Å². The lowest BCUT2D eigenvalue weighted by Crippen LogP contribution is -2.06. The molecule has 16 heavy (non-hydrogen) atoms. The van der Waals surface area contributed by atoms with Crippen molar-refractivity contribution in [2.24, 2.45) is 11.8 Å². The molecule has 0 saturated heterocycles. The second-order valence-corrected chi connectivity index (χ2v) is 6.45. The van der Waals surface area contributed by atoms with E-state index in [1.54, 1.807) is 0 Å². The van der Waals surface area contributed by atoms with Crippen molar-refractivity contribution in [2.45, 2.75) is 38.4 Å². The maximum atomic E-state index is 6.34. The summed E-state index contributed by atoms with van der Waals surface area (Å²) in [5.74, 6) is 1.57. The van der Waals surface area contributed by atoms with E-state index in [1.807, 2.05) is 0 Å². The van der Waals surface area contributed by atoms with Gasteiger partial charge in [0.15, 0.2) is 0 Å². The Bertz CT molecular complexity index is 396. The molecule has 2 atom stereocenters. The Morgan fingerprint density at radius 3 is 2.38 bits per heavy atom. The molecule has 0 bridgehead atoms. The van der Waals surface area contributed by atoms with Crippen LogP contribution in [-0.4, -0.2) is 0 Å². The van der Waals surface area contributed by atoms with Crippen molar-refractivity contribution < 1.29 is 0 Å². The average Bonchev–Trinajstić information content (AvgIpc) is 3.05. The van der Waals surface area contributed by atoms with Crippen molar-refractivity contribution in [1.29, 1.82) is 0 Å². The minimum atomic E-state index is 0.395. The van der Waals surface area contributed by atoms with Gasteiger partial charge in [-0.15, -0.1) is 0 Å². The number of benzene rings is 1. The monoisotopic (exact) mass is 300 g/mol. The van der Waals surface area contributed by atoms with Gasteiger partial charge in [-0.05, 0) is 61.3 Å². The first-order chi connectivity index (χ1) is 7.50. The van der Waals surface area contributed by atoms with E-state index < -0.39 is 0 Å². The van der Waals surface area contributed by atoms with Crippen molar-refractivity contribution in [3.05, 3.63) is 33.8 Å². The molecule has 0 radical (unpaired) electrons. The highest BCUT2D eigenvalue weighted by molar-refractivity contribution is 9.09. The molecule has 0 nitrogen and oxygen atoms in total. The van der Waals surface area contributed by atoms with E-state index in [0.29, 0.717) is 10.7 Å². The third kappa shape index (κ3) is 2.46. The maximum Gasteiger partial charge on any atom is 0.0452 e. The minimum absolute atomic E-state index is 0.395. The zero-order chi connectivity index (χ0) is 11.9. The van der Waals surface area contributed by atoms with Gasteiger partial charge in [0.25, 0.3) is 0 Å². The number of aryl methyl sites for hydroxylation is 2. The zero-order valence-corrected chi connectivity index (χ0v) is 12.4. The van der Waals surface area contributed by atoms with E-state index in [-0.39, 0.29) is 0 Å². The van der Waals surface area contributed by atoms with Gasteiger partial charge in [0.2, 0.25) is 0 Å². The standard InChI is InChI=1S/C14H18BrCl/c1-8-6-12(13(16)7-9(8)2)14(15)10(3)11-4-5-11/h6-7,10-11,14H,4-5H2,1-3H3. The maximum absolute atomic E-state index is 6.34. The lowest BCUT2D eigenvalue weighted by molar-refractivity contribution is 0.503. The lowest BCUT2D eigenvalue weighted by atomic mass is 9.94. The molecule has 0 amide bonds. The summed E-state index contributed by atoms with van der Waals surface area (Å²) < 4.78 is 0. The summed E-state index contributed by atoms with van der Waals surface area (Å²) >= 11 is 10.2.